The van der Waals surface area contributed by atoms with E-state index in [2.05, 4.69) is 26.6 Å². The van der Waals surface area contributed by atoms with Gasteiger partial charge in [-0.15, -0.1) is 23.4 Å². The van der Waals surface area contributed by atoms with Gasteiger partial charge in [0, 0.05) is 96.4 Å². The Morgan fingerprint density at radius 3 is 2.08 bits per heavy atom. The van der Waals surface area contributed by atoms with Gasteiger partial charge in [0.05, 0.1) is 49.0 Å². The van der Waals surface area contributed by atoms with Crippen LogP contribution in [-0.2, 0) is 49.8 Å². The van der Waals surface area contributed by atoms with E-state index in [9.17, 15) is 46.8 Å². The Hall–Kier alpha value is -9.59. The van der Waals surface area contributed by atoms with Gasteiger partial charge in [-0.2, -0.15) is 0 Å². The second-order valence-electron chi connectivity index (χ2n) is 24.5. The van der Waals surface area contributed by atoms with E-state index >= 15 is 0 Å². The molecule has 0 saturated carbocycles. The highest BCUT2D eigenvalue weighted by molar-refractivity contribution is 7.99. The number of alkyl halides is 1. The molecule has 8 rings (SSSR count). The number of aryl methyl sites for hydroxylation is 2. The van der Waals surface area contributed by atoms with E-state index in [0.29, 0.717) is 41.5 Å². The Morgan fingerprint density at radius 2 is 1.43 bits per heavy atom. The number of urea groups is 1. The largest absolute Gasteiger partial charge is 0.497 e. The molecule has 7 aromatic rings. The second kappa shape index (κ2) is 37.0. The van der Waals surface area contributed by atoms with E-state index in [0.717, 1.165) is 37.9 Å². The number of rotatable bonds is 35. The van der Waals surface area contributed by atoms with Crippen LogP contribution in [0.2, 0.25) is 0 Å². The van der Waals surface area contributed by atoms with Crippen LogP contribution in [0.1, 0.15) is 87.6 Å². The smallest absolute Gasteiger partial charge is 0.411 e. The number of carbonyl (C=O) groups is 8. The number of ether oxygens (including phenoxy) is 4. The van der Waals surface area contributed by atoms with Crippen molar-refractivity contribution in [2.75, 3.05) is 93.1 Å². The summed E-state index contributed by atoms with van der Waals surface area (Å²) in [5, 5.41) is 15.3. The maximum Gasteiger partial charge on any atom is 0.411 e. The molecule has 1 aliphatic rings. The second-order valence-corrected chi connectivity index (χ2v) is 27.9. The number of halogens is 1. The number of thioether (sulfide) groups is 1. The first-order valence-corrected chi connectivity index (χ1v) is 35.9. The standard InChI is InChI=1S/C75H85ClN8O14S2/c1-48(2)69(82-66(85)35-37-83(38-39-97-41-40-95-5)73(90)54-24-22-53(23-25-54)70(87)56(46-99-59-30-13-49(3)14-31-59)47-100(93,94)60-32-15-50(4)16-33-60)72(89)80-63(12-9-36-78-74(77)91)71(88)79-57-26-17-52(18-27-57)45-98-75(92)81-64-42-65-68(62-11-8-7-10-61(62)64)55(43-76)44-84(65)67(86)34-21-51-19-28-58(96-6)29-20-51/h7-8,10-11,13-34,42,48,55-56,63,69H,9,12,35-41,43-47H2,1-6H3,(H,79,88)(H,80,89)(H,81,92)(H,82,85)(H3,77,78,91)/b34-21+/t55?,56?,63-,69-/m0/s1. The average molecular weight is 1420 g/mol. The van der Waals surface area contributed by atoms with Gasteiger partial charge in [-0.05, 0) is 127 Å². The minimum absolute atomic E-state index is 0.0443. The molecule has 528 valence electrons. The molecule has 100 heavy (non-hydrogen) atoms. The van der Waals surface area contributed by atoms with Crippen molar-refractivity contribution in [2.24, 2.45) is 17.6 Å². The number of ketones is 1. The third-order valence-corrected chi connectivity index (χ3v) is 20.1. The molecule has 22 nitrogen and oxygen atoms in total. The van der Waals surface area contributed by atoms with Crippen LogP contribution >= 0.6 is 23.4 Å². The summed E-state index contributed by atoms with van der Waals surface area (Å²) in [6.07, 6.45) is 2.47. The number of nitrogens with two attached hydrogens (primary N) is 1. The van der Waals surface area contributed by atoms with Crippen molar-refractivity contribution < 1.29 is 65.7 Å². The number of amides is 8. The summed E-state index contributed by atoms with van der Waals surface area (Å²) in [5.74, 6) is -3.93. The SMILES string of the molecule is COCCOCCN(CCC(=O)N[C@H](C(=O)N[C@@H](CCCNC(N)=O)C(=O)Nc1ccc(COC(=O)Nc2cc3c(c4ccccc24)C(CCl)CN3C(=O)/C=C/c2ccc(OC)cc2)cc1)C(C)C)C(=O)c1ccc(C(=O)C(CSc2ccc(C)cc2)CS(=O)(=O)c2ccc(C)cc2)cc1. The first-order valence-electron chi connectivity index (χ1n) is 32.8. The van der Waals surface area contributed by atoms with Gasteiger partial charge >= 0.3 is 12.1 Å². The number of benzene rings is 7. The van der Waals surface area contributed by atoms with Gasteiger partial charge in [0.2, 0.25) is 17.7 Å². The highest BCUT2D eigenvalue weighted by atomic mass is 35.5. The number of sulfone groups is 1. The van der Waals surface area contributed by atoms with E-state index < -0.39 is 81.0 Å². The number of Topliss-reactive ketones (excluding diaryl/α,β-unsaturated/α-hetero) is 1. The lowest BCUT2D eigenvalue weighted by atomic mass is 9.95. The third kappa shape index (κ3) is 21.7. The van der Waals surface area contributed by atoms with Gasteiger partial charge in [0.15, 0.2) is 15.6 Å². The number of anilines is 3. The number of hydrogen-bond acceptors (Lipinski definition) is 15. The Bertz CT molecular complexity index is 4140. The van der Waals surface area contributed by atoms with E-state index in [-0.39, 0.29) is 98.2 Å². The van der Waals surface area contributed by atoms with E-state index in [4.69, 9.17) is 36.3 Å². The molecule has 0 bridgehead atoms. The number of fused-ring (bicyclic) bond motifs is 3. The minimum atomic E-state index is -3.89. The molecule has 1 aliphatic heterocycles. The number of nitrogens with zero attached hydrogens (tertiary/aromatic N) is 2. The summed E-state index contributed by atoms with van der Waals surface area (Å²) in [5.41, 5.74) is 11.3. The van der Waals surface area contributed by atoms with Crippen molar-refractivity contribution in [3.05, 3.63) is 197 Å². The molecule has 0 aromatic heterocycles. The molecule has 0 spiro atoms. The summed E-state index contributed by atoms with van der Waals surface area (Å²) in [6.45, 7) is 8.07. The molecule has 7 N–H and O–H groups in total. The van der Waals surface area contributed by atoms with Crippen molar-refractivity contribution in [2.45, 2.75) is 81.4 Å². The van der Waals surface area contributed by atoms with Crippen LogP contribution < -0.4 is 42.0 Å². The van der Waals surface area contributed by atoms with Crippen molar-refractivity contribution in [1.29, 1.82) is 0 Å². The van der Waals surface area contributed by atoms with E-state index in [1.165, 1.54) is 66.2 Å². The number of methoxy groups -OCH3 is 2. The van der Waals surface area contributed by atoms with Crippen LogP contribution in [-0.4, -0.2) is 150 Å². The zero-order chi connectivity index (χ0) is 71.9. The van der Waals surface area contributed by atoms with Crippen LogP contribution in [0.25, 0.3) is 16.8 Å². The van der Waals surface area contributed by atoms with Crippen LogP contribution in [0, 0.1) is 25.7 Å². The molecule has 8 amide bonds. The Balaban J connectivity index is 0.884. The fourth-order valence-corrected chi connectivity index (χ4v) is 14.1. The Morgan fingerprint density at radius 1 is 0.760 bits per heavy atom. The lowest BCUT2D eigenvalue weighted by Gasteiger charge is -2.26. The molecule has 2 unspecified atom stereocenters. The summed E-state index contributed by atoms with van der Waals surface area (Å²) in [6, 6.07) is 40.1. The van der Waals surface area contributed by atoms with Crippen LogP contribution in [0.5, 0.6) is 5.75 Å². The molecule has 4 atom stereocenters. The topological polar surface area (TPSA) is 300 Å². The summed E-state index contributed by atoms with van der Waals surface area (Å²) in [4.78, 5) is 114. The normalized spacial score (nSPS) is 13.6. The molecular formula is C75H85ClN8O14S2. The highest BCUT2D eigenvalue weighted by Gasteiger charge is 2.35. The highest BCUT2D eigenvalue weighted by Crippen LogP contribution is 2.45. The van der Waals surface area contributed by atoms with Gasteiger partial charge in [0.1, 0.15) is 24.4 Å². The van der Waals surface area contributed by atoms with Crippen molar-refractivity contribution >= 4 is 115 Å². The Kier molecular flexibility index (Phi) is 28.2. The molecule has 7 aromatic carbocycles. The zero-order valence-corrected chi connectivity index (χ0v) is 59.1. The van der Waals surface area contributed by atoms with Gasteiger partial charge in [-0.3, -0.25) is 34.1 Å². The maximum atomic E-state index is 14.3. The summed E-state index contributed by atoms with van der Waals surface area (Å²) in [7, 11) is -0.785. The molecule has 0 fully saturated rings. The van der Waals surface area contributed by atoms with Crippen LogP contribution in [0.15, 0.2) is 168 Å². The lowest BCUT2D eigenvalue weighted by Crippen LogP contribution is -2.54. The maximum absolute atomic E-state index is 14.3. The Labute approximate surface area is 592 Å². The van der Waals surface area contributed by atoms with Crippen molar-refractivity contribution in [3.8, 4) is 5.75 Å². The van der Waals surface area contributed by atoms with Gasteiger partial charge in [0.25, 0.3) is 11.8 Å². The minimum Gasteiger partial charge on any atom is -0.497 e. The predicted molar refractivity (Wildman–Crippen MR) is 389 cm³/mol. The molecule has 1 heterocycles. The number of carbonyl (C=O) groups excluding carboxylic acids is 8. The quantitative estimate of drug-likeness (QED) is 0.00707. The van der Waals surface area contributed by atoms with Crippen molar-refractivity contribution in [3.63, 3.8) is 0 Å². The van der Waals surface area contributed by atoms with Gasteiger partial charge in [-0.1, -0.05) is 110 Å². The first-order chi connectivity index (χ1) is 48.0. The molecule has 0 radical (unpaired) electrons. The van der Waals surface area contributed by atoms with Crippen molar-refractivity contribution in [1.82, 2.24) is 20.9 Å². The van der Waals surface area contributed by atoms with Crippen LogP contribution in [0.4, 0.5) is 26.7 Å². The number of hydrogen-bond donors (Lipinski definition) is 6. The lowest BCUT2D eigenvalue weighted by molar-refractivity contribution is -0.132. The predicted octanol–water partition coefficient (Wildman–Crippen LogP) is 10.9. The molecule has 25 heteroatoms. The van der Waals surface area contributed by atoms with Gasteiger partial charge < -0.3 is 55.7 Å². The third-order valence-electron chi connectivity index (χ3n) is 16.7. The average Bonchev–Trinajstić information content (AvgIpc) is 1.56. The van der Waals surface area contributed by atoms with E-state index in [1.807, 2.05) is 74.5 Å². The first kappa shape index (κ1) is 76.2. The zero-order valence-electron chi connectivity index (χ0n) is 56.8. The van der Waals surface area contributed by atoms with Gasteiger partial charge in [-0.25, -0.2) is 18.0 Å². The monoisotopic (exact) mass is 1420 g/mol. The number of nitrogens with one attached hydrogen (secondary N) is 5. The van der Waals surface area contributed by atoms with E-state index in [1.54, 1.807) is 86.5 Å². The molecule has 0 saturated heterocycles. The fourth-order valence-electron chi connectivity index (χ4n) is 11.2. The molecule has 0 aliphatic carbocycles. The van der Waals surface area contributed by atoms with Crippen LogP contribution in [0.3, 0.4) is 0 Å². The summed E-state index contributed by atoms with van der Waals surface area (Å²) < 4.78 is 49.3. The number of primary amides is 1. The fraction of sp³-hybridized carbons (Fsp3) is 0.333. The summed E-state index contributed by atoms with van der Waals surface area (Å²) >= 11 is 7.89. The molecular weight excluding hydrogens is 1340 g/mol.